The maximum Gasteiger partial charge on any atom is 0.341 e. The molecule has 0 aliphatic carbocycles. The number of hydrogen-bond donors (Lipinski definition) is 2. The summed E-state index contributed by atoms with van der Waals surface area (Å²) in [5.74, 6) is -4.38. The van der Waals surface area contributed by atoms with Gasteiger partial charge in [0.2, 0.25) is 5.43 Å². The number of anilines is 1. The Morgan fingerprint density at radius 2 is 1.78 bits per heavy atom. The fraction of sp³-hybridized carbons (Fsp3) is 0.273. The Morgan fingerprint density at radius 1 is 1.12 bits per heavy atom. The van der Waals surface area contributed by atoms with E-state index in [0.717, 1.165) is 29.0 Å². The number of aliphatic hydroxyl groups is 1. The van der Waals surface area contributed by atoms with Crippen LogP contribution in [0.25, 0.3) is 16.6 Å². The van der Waals surface area contributed by atoms with Crippen molar-refractivity contribution in [1.82, 2.24) is 9.47 Å². The Kier molecular flexibility index (Phi) is 5.22. The Balaban J connectivity index is 2.08. The van der Waals surface area contributed by atoms with Gasteiger partial charge in [-0.15, -0.1) is 0 Å². The number of aromatic nitrogens is 1. The van der Waals surface area contributed by atoms with Crippen molar-refractivity contribution in [2.75, 3.05) is 31.6 Å². The molecule has 2 aromatic carbocycles. The quantitative estimate of drug-likeness (QED) is 0.642. The average Bonchev–Trinajstić information content (AvgIpc) is 2.70. The van der Waals surface area contributed by atoms with Crippen molar-refractivity contribution in [3.05, 3.63) is 69.8 Å². The molecule has 1 aliphatic heterocycles. The number of β-amino-alcohol motifs (C(OH)–C–C–N with tert-alkyl or cyclic N) is 1. The highest BCUT2D eigenvalue weighted by molar-refractivity contribution is 5.94. The van der Waals surface area contributed by atoms with Crippen molar-refractivity contribution in [2.45, 2.75) is 12.6 Å². The van der Waals surface area contributed by atoms with Crippen molar-refractivity contribution in [3.8, 4) is 5.69 Å². The summed E-state index contributed by atoms with van der Waals surface area (Å²) in [5, 5.41) is 19.8. The highest BCUT2D eigenvalue weighted by Gasteiger charge is 2.38. The van der Waals surface area contributed by atoms with Crippen LogP contribution in [-0.2, 0) is 0 Å². The molecule has 32 heavy (non-hydrogen) atoms. The summed E-state index contributed by atoms with van der Waals surface area (Å²) in [6, 6.07) is 5.51. The predicted molar refractivity (Wildman–Crippen MR) is 112 cm³/mol. The molecule has 1 aromatic heterocycles. The molecule has 1 aliphatic rings. The minimum atomic E-state index is -1.61. The second-order valence-electron chi connectivity index (χ2n) is 8.05. The lowest BCUT2D eigenvalue weighted by atomic mass is 10.0. The van der Waals surface area contributed by atoms with E-state index in [1.807, 2.05) is 0 Å². The van der Waals surface area contributed by atoms with Crippen molar-refractivity contribution in [2.24, 2.45) is 0 Å². The molecule has 4 rings (SSSR count). The molecule has 2 heterocycles. The molecular weight excluding hydrogens is 427 g/mol. The van der Waals surface area contributed by atoms with Gasteiger partial charge in [-0.05, 0) is 44.3 Å². The largest absolute Gasteiger partial charge is 0.477 e. The number of carboxylic acids is 1. The number of carboxylic acid groups (broad SMARTS) is 1. The molecule has 1 saturated heterocycles. The summed E-state index contributed by atoms with van der Waals surface area (Å²) < 4.78 is 45.6. The predicted octanol–water partition coefficient (Wildman–Crippen LogP) is 2.57. The molecule has 1 atom stereocenters. The lowest BCUT2D eigenvalue weighted by Gasteiger charge is -2.46. The SMILES string of the molecule is CN1CCN(c2c(F)cc3c(=O)c(C(=O)O)cn(-c4ccc(F)cc4)c3c2F)C(C)(O)C1. The molecular formula is C22H20F3N3O4. The molecule has 0 radical (unpaired) electrons. The van der Waals surface area contributed by atoms with Gasteiger partial charge in [0.05, 0.1) is 10.9 Å². The number of benzene rings is 2. The van der Waals surface area contributed by atoms with Crippen LogP contribution in [0.15, 0.2) is 41.3 Å². The van der Waals surface area contributed by atoms with E-state index in [1.165, 1.54) is 24.0 Å². The number of halogens is 3. The maximum atomic E-state index is 15.9. The van der Waals surface area contributed by atoms with E-state index in [1.54, 1.807) is 11.9 Å². The molecule has 0 bridgehead atoms. The van der Waals surface area contributed by atoms with Crippen molar-refractivity contribution >= 4 is 22.6 Å². The number of likely N-dealkylation sites (N-methyl/N-ethyl adjacent to an activating group) is 1. The van der Waals surface area contributed by atoms with Crippen LogP contribution in [-0.4, -0.2) is 58.1 Å². The van der Waals surface area contributed by atoms with Crippen molar-refractivity contribution < 1.29 is 28.2 Å². The van der Waals surface area contributed by atoms with Crippen LogP contribution in [0.1, 0.15) is 17.3 Å². The van der Waals surface area contributed by atoms with Gasteiger partial charge in [0.25, 0.3) is 0 Å². The first-order valence-electron chi connectivity index (χ1n) is 9.76. The smallest absolute Gasteiger partial charge is 0.341 e. The number of carbonyl (C=O) groups is 1. The van der Waals surface area contributed by atoms with Crippen LogP contribution in [0.4, 0.5) is 18.9 Å². The fourth-order valence-corrected chi connectivity index (χ4v) is 4.15. The van der Waals surface area contributed by atoms with Gasteiger partial charge in [-0.2, -0.15) is 0 Å². The molecule has 10 heteroatoms. The van der Waals surface area contributed by atoms with Crippen molar-refractivity contribution in [1.29, 1.82) is 0 Å². The zero-order chi connectivity index (χ0) is 23.4. The third-order valence-corrected chi connectivity index (χ3v) is 5.62. The van der Waals surface area contributed by atoms with E-state index in [2.05, 4.69) is 0 Å². The summed E-state index contributed by atoms with van der Waals surface area (Å²) in [4.78, 5) is 27.3. The van der Waals surface area contributed by atoms with Crippen LogP contribution in [0, 0.1) is 17.5 Å². The molecule has 3 aromatic rings. The number of rotatable bonds is 3. The summed E-state index contributed by atoms with van der Waals surface area (Å²) >= 11 is 0. The van der Waals surface area contributed by atoms with Crippen LogP contribution < -0.4 is 10.3 Å². The lowest BCUT2D eigenvalue weighted by molar-refractivity contribution is 0.00209. The van der Waals surface area contributed by atoms with Crippen LogP contribution in [0.5, 0.6) is 0 Å². The standard InChI is InChI=1S/C22H20F3N3O4/c1-22(32)11-26(2)7-8-28(22)19-16(24)9-14-18(17(19)25)27(10-15(20(14)29)21(30)31)13-5-3-12(23)4-6-13/h3-6,9-10,32H,7-8,11H2,1-2H3,(H,30,31). The van der Waals surface area contributed by atoms with Gasteiger partial charge < -0.3 is 19.7 Å². The molecule has 0 amide bonds. The van der Waals surface area contributed by atoms with E-state index in [-0.39, 0.29) is 24.3 Å². The third-order valence-electron chi connectivity index (χ3n) is 5.62. The molecule has 1 fully saturated rings. The second kappa shape index (κ2) is 7.64. The Morgan fingerprint density at radius 3 is 2.38 bits per heavy atom. The molecule has 0 spiro atoms. The highest BCUT2D eigenvalue weighted by atomic mass is 19.1. The minimum Gasteiger partial charge on any atom is -0.477 e. The van der Waals surface area contributed by atoms with Gasteiger partial charge >= 0.3 is 5.97 Å². The summed E-state index contributed by atoms with van der Waals surface area (Å²) in [6.45, 7) is 2.07. The zero-order valence-corrected chi connectivity index (χ0v) is 17.3. The average molecular weight is 447 g/mol. The van der Waals surface area contributed by atoms with Gasteiger partial charge in [-0.25, -0.2) is 18.0 Å². The minimum absolute atomic E-state index is 0.108. The zero-order valence-electron chi connectivity index (χ0n) is 17.3. The third kappa shape index (κ3) is 3.51. The summed E-state index contributed by atoms with van der Waals surface area (Å²) in [7, 11) is 1.76. The molecule has 168 valence electrons. The normalized spacial score (nSPS) is 19.5. The first-order valence-corrected chi connectivity index (χ1v) is 9.76. The van der Waals surface area contributed by atoms with E-state index in [9.17, 15) is 24.2 Å². The van der Waals surface area contributed by atoms with E-state index in [4.69, 9.17) is 0 Å². The van der Waals surface area contributed by atoms with Gasteiger partial charge in [0, 0.05) is 31.5 Å². The van der Waals surface area contributed by atoms with Crippen molar-refractivity contribution in [3.63, 3.8) is 0 Å². The molecule has 7 nitrogen and oxygen atoms in total. The second-order valence-corrected chi connectivity index (χ2v) is 8.05. The number of piperazine rings is 1. The van der Waals surface area contributed by atoms with Crippen LogP contribution in [0.2, 0.25) is 0 Å². The maximum absolute atomic E-state index is 15.9. The van der Waals surface area contributed by atoms with E-state index in [0.29, 0.717) is 6.54 Å². The van der Waals surface area contributed by atoms with E-state index < -0.39 is 51.2 Å². The summed E-state index contributed by atoms with van der Waals surface area (Å²) in [5.41, 5.74) is -4.10. The van der Waals surface area contributed by atoms with Crippen LogP contribution in [0.3, 0.4) is 0 Å². The topological polar surface area (TPSA) is 86.0 Å². The highest BCUT2D eigenvalue weighted by Crippen LogP contribution is 2.35. The van der Waals surface area contributed by atoms with Gasteiger partial charge in [-0.3, -0.25) is 9.69 Å². The Labute approximate surface area is 180 Å². The lowest BCUT2D eigenvalue weighted by Crippen LogP contribution is -2.60. The summed E-state index contributed by atoms with van der Waals surface area (Å²) in [6.07, 6.45) is 0.924. The number of nitrogens with zero attached hydrogens (tertiary/aromatic N) is 3. The first-order chi connectivity index (χ1) is 15.0. The number of pyridine rings is 1. The molecule has 0 saturated carbocycles. The number of fused-ring (bicyclic) bond motifs is 1. The first kappa shape index (κ1) is 21.8. The van der Waals surface area contributed by atoms with Crippen LogP contribution >= 0.6 is 0 Å². The van der Waals surface area contributed by atoms with Gasteiger partial charge in [0.15, 0.2) is 11.6 Å². The molecule has 1 unspecified atom stereocenters. The number of aromatic carboxylic acids is 1. The van der Waals surface area contributed by atoms with E-state index >= 15 is 8.78 Å². The van der Waals surface area contributed by atoms with Gasteiger partial charge in [0.1, 0.15) is 22.8 Å². The van der Waals surface area contributed by atoms with Gasteiger partial charge in [-0.1, -0.05) is 0 Å². The Bertz CT molecular complexity index is 1290. The monoisotopic (exact) mass is 447 g/mol. The number of hydrogen-bond acceptors (Lipinski definition) is 5. The Hall–Kier alpha value is -3.37. The molecule has 2 N–H and O–H groups in total. The fourth-order valence-electron chi connectivity index (χ4n) is 4.15.